The monoisotopic (exact) mass is 481 g/mol. The first kappa shape index (κ1) is 25.7. The van der Waals surface area contributed by atoms with Crippen LogP contribution in [0.15, 0.2) is 41.3 Å². The third-order valence-corrected chi connectivity index (χ3v) is 7.20. The van der Waals surface area contributed by atoms with Gasteiger partial charge in [0.15, 0.2) is 16.6 Å². The van der Waals surface area contributed by atoms with E-state index in [1.165, 1.54) is 23.5 Å². The minimum atomic E-state index is -3.60. The van der Waals surface area contributed by atoms with Gasteiger partial charge in [-0.2, -0.15) is 4.31 Å². The highest BCUT2D eigenvalue weighted by Crippen LogP contribution is 2.29. The number of nitrogens with zero attached hydrogens (tertiary/aromatic N) is 1. The molecule has 8 nitrogen and oxygen atoms in total. The summed E-state index contributed by atoms with van der Waals surface area (Å²) in [5.74, 6) is 1.84. The molecule has 0 aliphatic heterocycles. The molecule has 176 valence electrons. The molecule has 0 aromatic heterocycles. The zero-order valence-electron chi connectivity index (χ0n) is 19.1. The molecule has 0 aliphatic carbocycles. The lowest BCUT2D eigenvalue weighted by molar-refractivity contribution is 0.354. The van der Waals surface area contributed by atoms with Gasteiger partial charge >= 0.3 is 0 Å². The predicted octanol–water partition coefficient (Wildman–Crippen LogP) is 3.27. The largest absolute Gasteiger partial charge is 0.495 e. The van der Waals surface area contributed by atoms with Crippen molar-refractivity contribution in [3.05, 3.63) is 42.0 Å². The first-order valence-electron chi connectivity index (χ1n) is 10.2. The number of hydrogen-bond acceptors (Lipinski definition) is 6. The lowest BCUT2D eigenvalue weighted by atomic mass is 10.1. The van der Waals surface area contributed by atoms with Gasteiger partial charge in [0.25, 0.3) is 0 Å². The van der Waals surface area contributed by atoms with E-state index in [-0.39, 0.29) is 4.90 Å². The van der Waals surface area contributed by atoms with Crippen LogP contribution in [0.25, 0.3) is 0 Å². The zero-order valence-corrected chi connectivity index (χ0v) is 20.7. The predicted molar refractivity (Wildman–Crippen MR) is 131 cm³/mol. The van der Waals surface area contributed by atoms with Gasteiger partial charge in [-0.05, 0) is 54.5 Å². The van der Waals surface area contributed by atoms with Gasteiger partial charge in [0.1, 0.15) is 5.75 Å². The number of thiocarbonyl (C=S) groups is 1. The van der Waals surface area contributed by atoms with Crippen molar-refractivity contribution in [2.45, 2.75) is 25.2 Å². The van der Waals surface area contributed by atoms with E-state index in [0.29, 0.717) is 54.1 Å². The molecule has 0 unspecified atom stereocenters. The van der Waals surface area contributed by atoms with Crippen molar-refractivity contribution in [1.82, 2.24) is 9.62 Å². The van der Waals surface area contributed by atoms with Crippen molar-refractivity contribution in [3.63, 3.8) is 0 Å². The normalized spacial score (nSPS) is 11.2. The van der Waals surface area contributed by atoms with Crippen molar-refractivity contribution < 1.29 is 22.6 Å². The van der Waals surface area contributed by atoms with Crippen LogP contribution in [-0.2, 0) is 16.4 Å². The maximum Gasteiger partial charge on any atom is 0.243 e. The Balaban J connectivity index is 2.07. The second-order valence-corrected chi connectivity index (χ2v) is 9.12. The minimum Gasteiger partial charge on any atom is -0.495 e. The standard InChI is InChI=1S/C22H31N3O5S2/c1-6-25(7-2)32(26,27)17-9-11-19(28-3)18(15-17)24-22(31)23-13-12-16-8-10-20(29-4)21(14-16)30-5/h8-11,14-15H,6-7,12-13H2,1-5H3,(H2,23,24,31). The topological polar surface area (TPSA) is 89.1 Å². The Morgan fingerprint density at radius 2 is 1.56 bits per heavy atom. The molecule has 2 N–H and O–H groups in total. The maximum absolute atomic E-state index is 12.8. The zero-order chi connectivity index (χ0) is 23.7. The van der Waals surface area contributed by atoms with Crippen LogP contribution in [0.3, 0.4) is 0 Å². The third kappa shape index (κ3) is 6.24. The number of benzene rings is 2. The quantitative estimate of drug-likeness (QED) is 0.473. The molecule has 0 amide bonds. The second kappa shape index (κ2) is 11.9. The molecule has 2 aromatic carbocycles. The molecule has 2 rings (SSSR count). The van der Waals surface area contributed by atoms with Crippen molar-refractivity contribution in [3.8, 4) is 17.2 Å². The Labute approximate surface area is 195 Å². The molecule has 2 aromatic rings. The van der Waals surface area contributed by atoms with Crippen molar-refractivity contribution in [2.75, 3.05) is 46.3 Å². The Kier molecular flexibility index (Phi) is 9.55. The molecule has 0 fully saturated rings. The minimum absolute atomic E-state index is 0.178. The van der Waals surface area contributed by atoms with Gasteiger partial charge in [0.2, 0.25) is 10.0 Å². The van der Waals surface area contributed by atoms with Crippen LogP contribution in [0.5, 0.6) is 17.2 Å². The van der Waals surface area contributed by atoms with Crippen LogP contribution in [0.2, 0.25) is 0 Å². The highest BCUT2D eigenvalue weighted by atomic mass is 32.2. The molecule has 0 atom stereocenters. The number of ether oxygens (including phenoxy) is 3. The summed E-state index contributed by atoms with van der Waals surface area (Å²) in [5, 5.41) is 6.54. The Hall–Kier alpha value is -2.56. The first-order valence-corrected chi connectivity index (χ1v) is 12.1. The number of hydrogen-bond donors (Lipinski definition) is 2. The van der Waals surface area contributed by atoms with E-state index in [2.05, 4.69) is 10.6 Å². The van der Waals surface area contributed by atoms with Crippen LogP contribution in [0.4, 0.5) is 5.69 Å². The van der Waals surface area contributed by atoms with Crippen LogP contribution >= 0.6 is 12.2 Å². The van der Waals surface area contributed by atoms with E-state index < -0.39 is 10.0 Å². The van der Waals surface area contributed by atoms with Crippen LogP contribution in [0.1, 0.15) is 19.4 Å². The highest BCUT2D eigenvalue weighted by Gasteiger charge is 2.23. The molecule has 10 heteroatoms. The van der Waals surface area contributed by atoms with Gasteiger partial charge in [0.05, 0.1) is 31.9 Å². The number of rotatable bonds is 11. The van der Waals surface area contributed by atoms with Gasteiger partial charge in [-0.25, -0.2) is 8.42 Å². The average Bonchev–Trinajstić information content (AvgIpc) is 2.79. The number of methoxy groups -OCH3 is 3. The van der Waals surface area contributed by atoms with Crippen LogP contribution in [-0.4, -0.2) is 58.8 Å². The fourth-order valence-electron chi connectivity index (χ4n) is 3.18. The van der Waals surface area contributed by atoms with Gasteiger partial charge < -0.3 is 24.8 Å². The summed E-state index contributed by atoms with van der Waals surface area (Å²) >= 11 is 5.40. The number of anilines is 1. The molecule has 0 heterocycles. The Morgan fingerprint density at radius 1 is 0.938 bits per heavy atom. The summed E-state index contributed by atoms with van der Waals surface area (Å²) in [7, 11) is 1.12. The number of sulfonamides is 1. The molecular weight excluding hydrogens is 450 g/mol. The summed E-state index contributed by atoms with van der Waals surface area (Å²) in [6.07, 6.45) is 0.704. The summed E-state index contributed by atoms with van der Waals surface area (Å²) in [6.45, 7) is 4.97. The smallest absolute Gasteiger partial charge is 0.243 e. The Bertz CT molecular complexity index is 1020. The van der Waals surface area contributed by atoms with Gasteiger partial charge in [-0.3, -0.25) is 0 Å². The lowest BCUT2D eigenvalue weighted by Gasteiger charge is -2.20. The van der Waals surface area contributed by atoms with E-state index in [9.17, 15) is 8.42 Å². The maximum atomic E-state index is 12.8. The van der Waals surface area contributed by atoms with Gasteiger partial charge in [-0.15, -0.1) is 0 Å². The first-order chi connectivity index (χ1) is 15.3. The van der Waals surface area contributed by atoms with Crippen molar-refractivity contribution in [1.29, 1.82) is 0 Å². The third-order valence-electron chi connectivity index (χ3n) is 4.91. The summed E-state index contributed by atoms with van der Waals surface area (Å²) < 4.78 is 43.0. The second-order valence-electron chi connectivity index (χ2n) is 6.77. The van der Waals surface area contributed by atoms with Gasteiger partial charge in [-0.1, -0.05) is 19.9 Å². The van der Waals surface area contributed by atoms with E-state index in [4.69, 9.17) is 26.4 Å². The van der Waals surface area contributed by atoms with Gasteiger partial charge in [0, 0.05) is 19.6 Å². The van der Waals surface area contributed by atoms with Crippen molar-refractivity contribution in [2.24, 2.45) is 0 Å². The van der Waals surface area contributed by atoms with Crippen LogP contribution < -0.4 is 24.8 Å². The van der Waals surface area contributed by atoms with Crippen LogP contribution in [0, 0.1) is 0 Å². The summed E-state index contributed by atoms with van der Waals surface area (Å²) in [4.78, 5) is 0.178. The fraction of sp³-hybridized carbons (Fsp3) is 0.409. The van der Waals surface area contributed by atoms with Crippen molar-refractivity contribution >= 4 is 33.0 Å². The molecule has 0 saturated carbocycles. The molecule has 0 bridgehead atoms. The molecular formula is C22H31N3O5S2. The molecule has 32 heavy (non-hydrogen) atoms. The van der Waals surface area contributed by atoms with E-state index >= 15 is 0 Å². The highest BCUT2D eigenvalue weighted by molar-refractivity contribution is 7.89. The lowest BCUT2D eigenvalue weighted by Crippen LogP contribution is -2.31. The van der Waals surface area contributed by atoms with E-state index in [0.717, 1.165) is 5.56 Å². The summed E-state index contributed by atoms with van der Waals surface area (Å²) in [5.41, 5.74) is 1.53. The fourth-order valence-corrected chi connectivity index (χ4v) is 4.88. The van der Waals surface area contributed by atoms with E-state index in [1.54, 1.807) is 34.1 Å². The molecule has 0 spiro atoms. The average molecular weight is 482 g/mol. The number of nitrogens with one attached hydrogen (secondary N) is 2. The SMILES string of the molecule is CCN(CC)S(=O)(=O)c1ccc(OC)c(NC(=S)NCCc2ccc(OC)c(OC)c2)c1. The Morgan fingerprint density at radius 3 is 2.16 bits per heavy atom. The molecule has 0 radical (unpaired) electrons. The molecule has 0 aliphatic rings. The summed E-state index contributed by atoms with van der Waals surface area (Å²) in [6, 6.07) is 10.4. The van der Waals surface area contributed by atoms with E-state index in [1.807, 2.05) is 18.2 Å². The molecule has 0 saturated heterocycles.